The standard InChI is InChI=1S/C24H22N2O3S/c1-4-18-20(23(28)29-3)21(17-11-6-5-7-12-17)26-22(27)19(30-24(26)25-18)14-16-10-8-9-15(2)13-16/h5-14,21H,4H2,1-3H3/b19-14-/t21-/m1/s1. The number of ether oxygens (including phenoxy) is 1. The lowest BCUT2D eigenvalue weighted by Crippen LogP contribution is -2.40. The Morgan fingerprint density at radius 1 is 1.20 bits per heavy atom. The minimum atomic E-state index is -0.565. The van der Waals surface area contributed by atoms with Crippen LogP contribution in [-0.2, 0) is 9.53 Å². The smallest absolute Gasteiger partial charge is 0.338 e. The van der Waals surface area contributed by atoms with Crippen molar-refractivity contribution in [2.45, 2.75) is 26.3 Å². The molecule has 0 saturated carbocycles. The molecule has 3 aromatic rings. The molecule has 6 heteroatoms. The van der Waals surface area contributed by atoms with Crippen LogP contribution in [0.2, 0.25) is 0 Å². The lowest BCUT2D eigenvalue weighted by Gasteiger charge is -2.25. The van der Waals surface area contributed by atoms with Crippen molar-refractivity contribution in [1.29, 1.82) is 0 Å². The van der Waals surface area contributed by atoms with E-state index in [0.29, 0.717) is 27.0 Å². The molecule has 5 nitrogen and oxygen atoms in total. The fourth-order valence-electron chi connectivity index (χ4n) is 3.73. The Morgan fingerprint density at radius 2 is 1.97 bits per heavy atom. The van der Waals surface area contributed by atoms with E-state index in [1.807, 2.05) is 74.5 Å². The van der Waals surface area contributed by atoms with Crippen LogP contribution in [0.25, 0.3) is 6.08 Å². The van der Waals surface area contributed by atoms with Gasteiger partial charge >= 0.3 is 5.97 Å². The lowest BCUT2D eigenvalue weighted by molar-refractivity contribution is -0.136. The molecule has 0 unspecified atom stereocenters. The molecule has 2 heterocycles. The van der Waals surface area contributed by atoms with Crippen molar-refractivity contribution in [2.24, 2.45) is 4.99 Å². The highest BCUT2D eigenvalue weighted by Crippen LogP contribution is 2.31. The fourth-order valence-corrected chi connectivity index (χ4v) is 4.75. The summed E-state index contributed by atoms with van der Waals surface area (Å²) in [6, 6.07) is 17.0. The number of fused-ring (bicyclic) bond motifs is 1. The highest BCUT2D eigenvalue weighted by molar-refractivity contribution is 7.07. The normalized spacial score (nSPS) is 16.2. The molecule has 0 saturated heterocycles. The fraction of sp³-hybridized carbons (Fsp3) is 0.208. The van der Waals surface area contributed by atoms with E-state index in [2.05, 4.69) is 4.99 Å². The average molecular weight is 419 g/mol. The number of methoxy groups -OCH3 is 1. The maximum absolute atomic E-state index is 13.4. The second-order valence-electron chi connectivity index (χ2n) is 7.11. The minimum Gasteiger partial charge on any atom is -0.466 e. The molecule has 1 aromatic heterocycles. The zero-order valence-corrected chi connectivity index (χ0v) is 17.9. The van der Waals surface area contributed by atoms with Gasteiger partial charge < -0.3 is 4.74 Å². The Morgan fingerprint density at radius 3 is 2.63 bits per heavy atom. The highest BCUT2D eigenvalue weighted by Gasteiger charge is 2.33. The second kappa shape index (κ2) is 8.24. The summed E-state index contributed by atoms with van der Waals surface area (Å²) in [5.41, 5.74) is 3.84. The van der Waals surface area contributed by atoms with Gasteiger partial charge in [0.1, 0.15) is 0 Å². The van der Waals surface area contributed by atoms with Gasteiger partial charge in [0.2, 0.25) is 0 Å². The lowest BCUT2D eigenvalue weighted by atomic mass is 9.95. The van der Waals surface area contributed by atoms with E-state index in [0.717, 1.165) is 16.7 Å². The molecule has 0 amide bonds. The summed E-state index contributed by atoms with van der Waals surface area (Å²) in [6.45, 7) is 3.97. The number of hydrogen-bond donors (Lipinski definition) is 0. The zero-order chi connectivity index (χ0) is 21.3. The molecule has 30 heavy (non-hydrogen) atoms. The molecule has 0 N–H and O–H groups in total. The van der Waals surface area contributed by atoms with Crippen LogP contribution < -0.4 is 14.9 Å². The van der Waals surface area contributed by atoms with Crippen molar-refractivity contribution in [1.82, 2.24) is 4.57 Å². The molecule has 152 valence electrons. The molecule has 2 aromatic carbocycles. The molecule has 0 radical (unpaired) electrons. The Bertz CT molecular complexity index is 1320. The van der Waals surface area contributed by atoms with E-state index in [9.17, 15) is 9.59 Å². The minimum absolute atomic E-state index is 0.161. The predicted octanol–water partition coefficient (Wildman–Crippen LogP) is 3.11. The van der Waals surface area contributed by atoms with Gasteiger partial charge in [0.15, 0.2) is 4.80 Å². The molecule has 0 aliphatic carbocycles. The molecular formula is C24H22N2O3S. The van der Waals surface area contributed by atoms with Crippen molar-refractivity contribution in [3.63, 3.8) is 0 Å². The molecule has 0 spiro atoms. The Labute approximate surface area is 178 Å². The van der Waals surface area contributed by atoms with E-state index >= 15 is 0 Å². The third-order valence-electron chi connectivity index (χ3n) is 5.11. The van der Waals surface area contributed by atoms with Gasteiger partial charge in [-0.3, -0.25) is 9.36 Å². The molecule has 1 aliphatic rings. The SMILES string of the molecule is CCC1=C(C(=O)OC)[C@@H](c2ccccc2)n2c(s/c(=C\c3cccc(C)c3)c2=O)=N1. The summed E-state index contributed by atoms with van der Waals surface area (Å²) in [4.78, 5) is 31.4. The van der Waals surface area contributed by atoms with Crippen LogP contribution in [0.5, 0.6) is 0 Å². The van der Waals surface area contributed by atoms with Crippen LogP contribution >= 0.6 is 11.3 Å². The number of allylic oxidation sites excluding steroid dienone is 1. The summed E-state index contributed by atoms with van der Waals surface area (Å²) in [7, 11) is 1.35. The van der Waals surface area contributed by atoms with Gasteiger partial charge in [0, 0.05) is 0 Å². The van der Waals surface area contributed by atoms with E-state index in [4.69, 9.17) is 4.74 Å². The van der Waals surface area contributed by atoms with Crippen LogP contribution in [0, 0.1) is 6.92 Å². The van der Waals surface area contributed by atoms with Crippen molar-refractivity contribution >= 4 is 23.4 Å². The molecule has 1 atom stereocenters. The van der Waals surface area contributed by atoms with Crippen molar-refractivity contribution < 1.29 is 9.53 Å². The third-order valence-corrected chi connectivity index (χ3v) is 6.09. The van der Waals surface area contributed by atoms with Gasteiger partial charge in [-0.15, -0.1) is 0 Å². The van der Waals surface area contributed by atoms with Gasteiger partial charge in [0.25, 0.3) is 5.56 Å². The highest BCUT2D eigenvalue weighted by atomic mass is 32.1. The Balaban J connectivity index is 2.01. The first kappa shape index (κ1) is 20.0. The first-order valence-electron chi connectivity index (χ1n) is 9.78. The van der Waals surface area contributed by atoms with E-state index in [-0.39, 0.29) is 5.56 Å². The van der Waals surface area contributed by atoms with Gasteiger partial charge in [-0.2, -0.15) is 0 Å². The molecular weight excluding hydrogens is 396 g/mol. The largest absolute Gasteiger partial charge is 0.466 e. The summed E-state index contributed by atoms with van der Waals surface area (Å²) in [6.07, 6.45) is 2.45. The van der Waals surface area contributed by atoms with E-state index in [1.54, 1.807) is 4.57 Å². The van der Waals surface area contributed by atoms with Crippen LogP contribution in [0.3, 0.4) is 0 Å². The first-order valence-corrected chi connectivity index (χ1v) is 10.6. The van der Waals surface area contributed by atoms with Crippen LogP contribution in [0.1, 0.15) is 36.1 Å². The van der Waals surface area contributed by atoms with Crippen LogP contribution in [0.4, 0.5) is 0 Å². The summed E-state index contributed by atoms with van der Waals surface area (Å²) in [5, 5.41) is 0. The quantitative estimate of drug-likeness (QED) is 0.612. The number of aromatic nitrogens is 1. The summed E-state index contributed by atoms with van der Waals surface area (Å²) in [5.74, 6) is -0.461. The monoisotopic (exact) mass is 418 g/mol. The first-order chi connectivity index (χ1) is 14.5. The summed E-state index contributed by atoms with van der Waals surface area (Å²) < 4.78 is 7.27. The van der Waals surface area contributed by atoms with Crippen LogP contribution in [-0.4, -0.2) is 17.6 Å². The Hall–Kier alpha value is -3.25. The number of nitrogens with zero attached hydrogens (tertiary/aromatic N) is 2. The average Bonchev–Trinajstić information content (AvgIpc) is 3.07. The third kappa shape index (κ3) is 3.55. The van der Waals surface area contributed by atoms with Gasteiger partial charge in [-0.05, 0) is 30.5 Å². The molecule has 0 bridgehead atoms. The van der Waals surface area contributed by atoms with Gasteiger partial charge in [-0.1, -0.05) is 78.4 Å². The second-order valence-corrected chi connectivity index (χ2v) is 8.12. The maximum Gasteiger partial charge on any atom is 0.338 e. The number of hydrogen-bond acceptors (Lipinski definition) is 5. The van der Waals surface area contributed by atoms with E-state index in [1.165, 1.54) is 18.4 Å². The number of carbonyl (C=O) groups excluding carboxylic acids is 1. The van der Waals surface area contributed by atoms with Crippen molar-refractivity contribution in [3.05, 3.63) is 102 Å². The predicted molar refractivity (Wildman–Crippen MR) is 118 cm³/mol. The molecule has 4 rings (SSSR count). The maximum atomic E-state index is 13.4. The van der Waals surface area contributed by atoms with Crippen LogP contribution in [0.15, 0.2) is 75.7 Å². The topological polar surface area (TPSA) is 60.7 Å². The number of benzene rings is 2. The number of thiazole rings is 1. The van der Waals surface area contributed by atoms with Gasteiger partial charge in [-0.25, -0.2) is 9.79 Å². The molecule has 1 aliphatic heterocycles. The molecule has 0 fully saturated rings. The number of rotatable bonds is 4. The number of esters is 1. The van der Waals surface area contributed by atoms with E-state index < -0.39 is 12.0 Å². The number of carbonyl (C=O) groups is 1. The van der Waals surface area contributed by atoms with Gasteiger partial charge in [0.05, 0.1) is 29.0 Å². The van der Waals surface area contributed by atoms with Crippen molar-refractivity contribution in [2.75, 3.05) is 7.11 Å². The number of aryl methyl sites for hydroxylation is 1. The van der Waals surface area contributed by atoms with Crippen molar-refractivity contribution in [3.8, 4) is 0 Å². The zero-order valence-electron chi connectivity index (χ0n) is 17.1. The Kier molecular flexibility index (Phi) is 5.50. The summed E-state index contributed by atoms with van der Waals surface area (Å²) >= 11 is 1.34.